The highest BCUT2D eigenvalue weighted by molar-refractivity contribution is 7.17. The number of ether oxygens (including phenoxy) is 6. The molecule has 1 saturated carbocycles. The zero-order valence-corrected chi connectivity index (χ0v) is 41.7. The monoisotopic (exact) mass is 1010 g/mol. The number of nitrogens with one attached hydrogen (secondary N) is 2. The van der Waals surface area contributed by atoms with Gasteiger partial charge in [0.2, 0.25) is 11.8 Å². The van der Waals surface area contributed by atoms with Crippen molar-refractivity contribution < 1.29 is 56.1 Å². The van der Waals surface area contributed by atoms with Crippen molar-refractivity contribution in [1.29, 1.82) is 0 Å². The van der Waals surface area contributed by atoms with E-state index in [-0.39, 0.29) is 86.7 Å². The first kappa shape index (κ1) is 51.9. The van der Waals surface area contributed by atoms with Gasteiger partial charge in [0.25, 0.3) is 11.8 Å². The molecule has 386 valence electrons. The number of benzene rings is 1. The van der Waals surface area contributed by atoms with Gasteiger partial charge in [-0.25, -0.2) is 8.78 Å². The number of piperidine rings is 1. The number of likely N-dealkylation sites (tertiary alicyclic amines) is 1. The number of hydrogen-bond donors (Lipinski definition) is 2. The molecule has 5 aromatic rings. The second kappa shape index (κ2) is 25.3. The van der Waals surface area contributed by atoms with Crippen LogP contribution in [0.4, 0.5) is 8.78 Å². The summed E-state index contributed by atoms with van der Waals surface area (Å²) in [5.74, 6) is -0.679. The van der Waals surface area contributed by atoms with Crippen LogP contribution in [0.3, 0.4) is 0 Å². The predicted octanol–water partition coefficient (Wildman–Crippen LogP) is 5.56. The fourth-order valence-corrected chi connectivity index (χ4v) is 10.2. The predicted molar refractivity (Wildman–Crippen MR) is 261 cm³/mol. The lowest BCUT2D eigenvalue weighted by molar-refractivity contribution is -0.140. The van der Waals surface area contributed by atoms with Crippen LogP contribution >= 0.6 is 11.3 Å². The molecule has 4 aromatic heterocycles. The van der Waals surface area contributed by atoms with Crippen molar-refractivity contribution in [2.75, 3.05) is 99.2 Å². The summed E-state index contributed by atoms with van der Waals surface area (Å²) in [4.78, 5) is 51.1. The van der Waals surface area contributed by atoms with Gasteiger partial charge in [-0.15, -0.1) is 11.3 Å². The van der Waals surface area contributed by atoms with Gasteiger partial charge in [-0.2, -0.15) is 0 Å². The number of likely N-dealkylation sites (N-methyl/N-ethyl adjacent to an activating group) is 1. The Morgan fingerprint density at radius 1 is 0.831 bits per heavy atom. The fraction of sp³-hybridized carbons (Fsp3) is 0.580. The maximum atomic E-state index is 14.6. The Balaban J connectivity index is 0.709. The highest BCUT2D eigenvalue weighted by Crippen LogP contribution is 2.36. The van der Waals surface area contributed by atoms with Gasteiger partial charge in [-0.3, -0.25) is 24.3 Å². The fourth-order valence-electron chi connectivity index (χ4n) is 9.43. The molecule has 71 heavy (non-hydrogen) atoms. The molecule has 3 fully saturated rings. The number of carbonyl (C=O) groups is 3. The Morgan fingerprint density at radius 3 is 2.20 bits per heavy atom. The van der Waals surface area contributed by atoms with Gasteiger partial charge in [0.05, 0.1) is 68.0 Å². The number of piperazine rings is 1. The highest BCUT2D eigenvalue weighted by atomic mass is 32.1. The maximum absolute atomic E-state index is 14.6. The third-order valence-electron chi connectivity index (χ3n) is 13.5. The number of pyridine rings is 1. The SMILES string of the molecule is CN[C@@H](C)C(=O)NC(C(=O)N1CCN(C(=O)c2c(OCCOCCOCCOCCOc3cc(CN4CCC(Oc5ccnc6ccsc56)CC4)on3)c3cc(F)c(F)cc3n2C)CC1)C1CCCCC1. The number of aryl methyl sites for hydroxylation is 1. The van der Waals surface area contributed by atoms with E-state index in [1.165, 1.54) is 4.57 Å². The van der Waals surface area contributed by atoms with Crippen LogP contribution in [0, 0.1) is 17.6 Å². The third-order valence-corrected chi connectivity index (χ3v) is 14.5. The van der Waals surface area contributed by atoms with Crippen molar-refractivity contribution in [2.45, 2.75) is 76.6 Å². The van der Waals surface area contributed by atoms with Crippen LogP contribution in [0.15, 0.2) is 46.4 Å². The summed E-state index contributed by atoms with van der Waals surface area (Å²) in [7, 11) is 3.31. The number of thiophene rings is 1. The molecule has 2 saturated heterocycles. The van der Waals surface area contributed by atoms with Crippen LogP contribution in [0.2, 0.25) is 0 Å². The number of rotatable bonds is 24. The third kappa shape index (κ3) is 13.3. The smallest absolute Gasteiger partial charge is 0.274 e. The first-order chi connectivity index (χ1) is 34.6. The normalized spacial score (nSPS) is 17.2. The molecular weight excluding hydrogens is 943 g/mol. The molecule has 18 nitrogen and oxygen atoms in total. The maximum Gasteiger partial charge on any atom is 0.274 e. The van der Waals surface area contributed by atoms with E-state index in [0.717, 1.165) is 91.9 Å². The average molecular weight is 1010 g/mol. The van der Waals surface area contributed by atoms with Crippen molar-refractivity contribution in [3.05, 3.63) is 65.0 Å². The number of carbonyl (C=O) groups excluding carboxylic acids is 3. The Hall–Kier alpha value is -5.45. The van der Waals surface area contributed by atoms with Crippen LogP contribution in [0.1, 0.15) is 68.1 Å². The molecule has 2 aliphatic heterocycles. The van der Waals surface area contributed by atoms with E-state index in [9.17, 15) is 23.2 Å². The second-order valence-electron chi connectivity index (χ2n) is 18.2. The van der Waals surface area contributed by atoms with Crippen molar-refractivity contribution in [3.8, 4) is 17.4 Å². The highest BCUT2D eigenvalue weighted by Gasteiger charge is 2.37. The van der Waals surface area contributed by atoms with Gasteiger partial charge in [0.15, 0.2) is 28.8 Å². The average Bonchev–Trinajstić information content (AvgIpc) is 4.13. The summed E-state index contributed by atoms with van der Waals surface area (Å²) in [6.45, 7) is 7.21. The molecular formula is C50H66F2N8O10S. The Bertz CT molecular complexity index is 2540. The zero-order valence-electron chi connectivity index (χ0n) is 40.8. The number of aromatic nitrogens is 3. The molecule has 3 aliphatic rings. The molecule has 8 rings (SSSR count). The number of hydrogen-bond acceptors (Lipinski definition) is 15. The van der Waals surface area contributed by atoms with E-state index in [1.54, 1.807) is 48.4 Å². The van der Waals surface area contributed by atoms with Gasteiger partial charge in [0, 0.05) is 70.0 Å². The molecule has 1 unspecified atom stereocenters. The van der Waals surface area contributed by atoms with Gasteiger partial charge in [-0.05, 0) is 74.3 Å². The van der Waals surface area contributed by atoms with Crippen molar-refractivity contribution in [2.24, 2.45) is 13.0 Å². The van der Waals surface area contributed by atoms with Crippen LogP contribution in [0.5, 0.6) is 17.4 Å². The lowest BCUT2D eigenvalue weighted by Crippen LogP contribution is -2.59. The van der Waals surface area contributed by atoms with Crippen LogP contribution in [-0.4, -0.2) is 164 Å². The van der Waals surface area contributed by atoms with Crippen LogP contribution in [-0.2, 0) is 37.4 Å². The Labute approximate surface area is 416 Å². The summed E-state index contributed by atoms with van der Waals surface area (Å²) in [6, 6.07) is 6.74. The van der Waals surface area contributed by atoms with E-state index in [2.05, 4.69) is 25.7 Å². The summed E-state index contributed by atoms with van der Waals surface area (Å²) in [5, 5.41) is 12.3. The Morgan fingerprint density at radius 2 is 1.49 bits per heavy atom. The number of fused-ring (bicyclic) bond motifs is 2. The number of halogens is 2. The molecule has 3 amide bonds. The summed E-state index contributed by atoms with van der Waals surface area (Å²) in [6.07, 6.45) is 8.63. The van der Waals surface area contributed by atoms with E-state index in [0.29, 0.717) is 51.0 Å². The van der Waals surface area contributed by atoms with E-state index in [1.807, 2.05) is 23.6 Å². The van der Waals surface area contributed by atoms with Gasteiger partial charge in [-0.1, -0.05) is 19.3 Å². The molecule has 6 heterocycles. The van der Waals surface area contributed by atoms with Crippen LogP contribution in [0.25, 0.3) is 21.1 Å². The molecule has 0 spiro atoms. The second-order valence-corrected chi connectivity index (χ2v) is 19.2. The molecule has 0 radical (unpaired) electrons. The molecule has 2 atom stereocenters. The molecule has 2 N–H and O–H groups in total. The van der Waals surface area contributed by atoms with E-state index >= 15 is 0 Å². The van der Waals surface area contributed by atoms with Crippen LogP contribution < -0.4 is 24.8 Å². The summed E-state index contributed by atoms with van der Waals surface area (Å²) < 4.78 is 72.4. The van der Waals surface area contributed by atoms with Gasteiger partial charge in [0.1, 0.15) is 31.1 Å². The van der Waals surface area contributed by atoms with E-state index in [4.69, 9.17) is 32.9 Å². The summed E-state index contributed by atoms with van der Waals surface area (Å²) >= 11 is 1.65. The first-order valence-corrected chi connectivity index (χ1v) is 25.6. The first-order valence-electron chi connectivity index (χ1n) is 24.8. The lowest BCUT2D eigenvalue weighted by atomic mass is 9.83. The standard InChI is InChI=1S/C50H66F2N8O10S/c1-33(53-2)48(61)55-44(34-7-5-4-6-8-34)49(62)59-16-18-60(19-17-59)50(63)45-46(37-30-38(51)39(52)31-41(37)57(45)3)68-27-25-66-23-21-64-20-22-65-24-26-67-43-29-36(70-56-43)32-58-14-10-35(11-15-58)69-42-9-13-54-40-12-28-71-47(40)42/h9,12-13,28-31,33-35,44,53H,4-8,10-11,14-27,32H2,1-3H3,(H,55,61)/t33-,44?/m0/s1. The van der Waals surface area contributed by atoms with Gasteiger partial charge >= 0.3 is 0 Å². The minimum atomic E-state index is -1.07. The molecule has 1 aliphatic carbocycles. The minimum absolute atomic E-state index is 0.0257. The largest absolute Gasteiger partial charge is 0.489 e. The zero-order chi connectivity index (χ0) is 49.7. The number of nitrogens with zero attached hydrogens (tertiary/aromatic N) is 6. The topological polar surface area (TPSA) is 184 Å². The lowest BCUT2D eigenvalue weighted by Gasteiger charge is -2.39. The summed E-state index contributed by atoms with van der Waals surface area (Å²) in [5.41, 5.74) is 1.39. The Kier molecular flexibility index (Phi) is 18.5. The van der Waals surface area contributed by atoms with Gasteiger partial charge < -0.3 is 57.9 Å². The minimum Gasteiger partial charge on any atom is -0.489 e. The molecule has 0 bridgehead atoms. The van der Waals surface area contributed by atoms with Crippen molar-refractivity contribution in [3.63, 3.8) is 0 Å². The number of amides is 3. The quantitative estimate of drug-likeness (QED) is 0.0733. The van der Waals surface area contributed by atoms with E-state index < -0.39 is 29.6 Å². The molecule has 21 heteroatoms. The molecule has 1 aromatic carbocycles. The van der Waals surface area contributed by atoms with Crippen molar-refractivity contribution in [1.82, 2.24) is 40.0 Å². The van der Waals surface area contributed by atoms with Crippen molar-refractivity contribution >= 4 is 50.2 Å².